The smallest absolute Gasteiger partial charge is 0.382 e. The largest absolute Gasteiger partial charge is 0.459 e. The van der Waals surface area contributed by atoms with Crippen molar-refractivity contribution in [1.29, 1.82) is 0 Å². The highest BCUT2D eigenvalue weighted by atomic mass is 28.4. The van der Waals surface area contributed by atoms with E-state index < -0.39 is 8.72 Å². The number of rotatable bonds is 5. The van der Waals surface area contributed by atoms with E-state index >= 15 is 0 Å². The van der Waals surface area contributed by atoms with Gasteiger partial charge in [-0.05, 0) is 32.9 Å². The molecule has 1 aromatic carbocycles. The van der Waals surface area contributed by atoms with Gasteiger partial charge in [-0.15, -0.1) is 0 Å². The van der Waals surface area contributed by atoms with Crippen LogP contribution in [-0.4, -0.2) is 28.5 Å². The lowest BCUT2D eigenvalue weighted by Crippen LogP contribution is -2.64. The molecule has 18 heavy (non-hydrogen) atoms. The molecule has 0 aromatic heterocycles. The fourth-order valence-corrected chi connectivity index (χ4v) is 5.37. The molecule has 0 bridgehead atoms. The lowest BCUT2D eigenvalue weighted by atomic mass is 10.1. The molecule has 0 aliphatic heterocycles. The maximum absolute atomic E-state index is 5.82. The average Bonchev–Trinajstić information content (AvgIpc) is 2.35. The molecular formula is C14H25NO2Si. The summed E-state index contributed by atoms with van der Waals surface area (Å²) in [5.74, 6) is 0. The number of hydrogen-bond acceptors (Lipinski definition) is 3. The van der Waals surface area contributed by atoms with E-state index in [1.165, 1.54) is 0 Å². The molecule has 0 spiro atoms. The Morgan fingerprint density at radius 3 is 1.89 bits per heavy atom. The standard InChI is InChI=1S/C14H25NO2Si/c1-7-18(16-5,17-6)15(14(2,3)4)13-11-9-8-10-12-13/h8-12H,7H2,1-6H3. The highest BCUT2D eigenvalue weighted by molar-refractivity contribution is 6.71. The monoisotopic (exact) mass is 267 g/mol. The second kappa shape index (κ2) is 5.86. The molecule has 0 N–H and O–H groups in total. The van der Waals surface area contributed by atoms with Gasteiger partial charge in [0.05, 0.1) is 0 Å². The molecule has 102 valence electrons. The van der Waals surface area contributed by atoms with Crippen molar-refractivity contribution < 1.29 is 8.85 Å². The molecule has 3 nitrogen and oxygen atoms in total. The van der Waals surface area contributed by atoms with E-state index in [2.05, 4.69) is 44.4 Å². The number of para-hydroxylation sites is 1. The van der Waals surface area contributed by atoms with Gasteiger partial charge in [-0.1, -0.05) is 25.1 Å². The highest BCUT2D eigenvalue weighted by Gasteiger charge is 2.47. The van der Waals surface area contributed by atoms with Crippen LogP contribution in [0.15, 0.2) is 30.3 Å². The number of benzene rings is 1. The number of hydrogen-bond donors (Lipinski definition) is 0. The van der Waals surface area contributed by atoms with E-state index in [4.69, 9.17) is 8.85 Å². The zero-order valence-corrected chi connectivity index (χ0v) is 13.4. The third-order valence-corrected chi connectivity index (χ3v) is 6.89. The van der Waals surface area contributed by atoms with Gasteiger partial charge in [0.15, 0.2) is 0 Å². The van der Waals surface area contributed by atoms with Crippen LogP contribution in [0.25, 0.3) is 0 Å². The first-order valence-corrected chi connectivity index (χ1v) is 8.34. The normalized spacial score (nSPS) is 12.6. The number of anilines is 1. The molecule has 0 radical (unpaired) electrons. The fourth-order valence-electron chi connectivity index (χ4n) is 2.38. The summed E-state index contributed by atoms with van der Waals surface area (Å²) < 4.78 is 14.0. The van der Waals surface area contributed by atoms with Crippen LogP contribution >= 0.6 is 0 Å². The quantitative estimate of drug-likeness (QED) is 0.762. The lowest BCUT2D eigenvalue weighted by molar-refractivity contribution is 0.229. The van der Waals surface area contributed by atoms with Gasteiger partial charge < -0.3 is 13.4 Å². The zero-order chi connectivity index (χ0) is 13.8. The first kappa shape index (κ1) is 15.2. The Morgan fingerprint density at radius 1 is 1.06 bits per heavy atom. The molecule has 0 saturated heterocycles. The van der Waals surface area contributed by atoms with E-state index in [1.54, 1.807) is 14.2 Å². The van der Waals surface area contributed by atoms with Crippen LogP contribution in [0, 0.1) is 0 Å². The minimum absolute atomic E-state index is 0.0460. The Kier molecular flexibility index (Phi) is 4.96. The summed E-state index contributed by atoms with van der Waals surface area (Å²) in [5, 5.41) is 0. The zero-order valence-electron chi connectivity index (χ0n) is 12.4. The third kappa shape index (κ3) is 2.94. The van der Waals surface area contributed by atoms with Crippen LogP contribution in [0.4, 0.5) is 5.69 Å². The van der Waals surface area contributed by atoms with Crippen molar-refractivity contribution in [3.8, 4) is 0 Å². The van der Waals surface area contributed by atoms with Crippen LogP contribution in [0.3, 0.4) is 0 Å². The summed E-state index contributed by atoms with van der Waals surface area (Å²) in [6, 6.07) is 11.2. The number of nitrogens with zero attached hydrogens (tertiary/aromatic N) is 1. The van der Waals surface area contributed by atoms with Crippen LogP contribution in [-0.2, 0) is 8.85 Å². The van der Waals surface area contributed by atoms with Crippen LogP contribution in [0.1, 0.15) is 27.7 Å². The van der Waals surface area contributed by atoms with Crippen molar-refractivity contribution in [3.05, 3.63) is 30.3 Å². The lowest BCUT2D eigenvalue weighted by Gasteiger charge is -2.47. The van der Waals surface area contributed by atoms with E-state index in [-0.39, 0.29) is 5.54 Å². The molecule has 0 amide bonds. The van der Waals surface area contributed by atoms with Crippen molar-refractivity contribution in [1.82, 2.24) is 0 Å². The van der Waals surface area contributed by atoms with Crippen molar-refractivity contribution in [2.45, 2.75) is 39.3 Å². The maximum atomic E-state index is 5.82. The Bertz CT molecular complexity index is 350. The molecule has 0 saturated carbocycles. The average molecular weight is 267 g/mol. The van der Waals surface area contributed by atoms with E-state index in [9.17, 15) is 0 Å². The summed E-state index contributed by atoms with van der Waals surface area (Å²) in [4.78, 5) is 0. The Morgan fingerprint density at radius 2 is 1.56 bits per heavy atom. The van der Waals surface area contributed by atoms with Gasteiger partial charge in [0.25, 0.3) is 0 Å². The predicted molar refractivity (Wildman–Crippen MR) is 78.9 cm³/mol. The molecule has 0 fully saturated rings. The predicted octanol–water partition coefficient (Wildman–Crippen LogP) is 3.54. The van der Waals surface area contributed by atoms with Gasteiger partial charge in [-0.2, -0.15) is 0 Å². The summed E-state index contributed by atoms with van der Waals surface area (Å²) in [6.07, 6.45) is 0. The van der Waals surface area contributed by atoms with Gasteiger partial charge >= 0.3 is 8.72 Å². The van der Waals surface area contributed by atoms with Crippen LogP contribution in [0.2, 0.25) is 6.04 Å². The van der Waals surface area contributed by atoms with Crippen LogP contribution in [0.5, 0.6) is 0 Å². The van der Waals surface area contributed by atoms with Crippen molar-refractivity contribution >= 4 is 14.4 Å². The summed E-state index contributed by atoms with van der Waals surface area (Å²) >= 11 is 0. The van der Waals surface area contributed by atoms with Crippen molar-refractivity contribution in [2.75, 3.05) is 18.8 Å². The first-order chi connectivity index (χ1) is 8.41. The SMILES string of the molecule is CC[Si](OC)(OC)N(c1ccccc1)C(C)(C)C. The van der Waals surface area contributed by atoms with Gasteiger partial charge in [0.2, 0.25) is 0 Å². The minimum atomic E-state index is -2.39. The Balaban J connectivity index is 3.30. The van der Waals surface area contributed by atoms with E-state index in [0.717, 1.165) is 11.7 Å². The molecule has 0 heterocycles. The molecular weight excluding hydrogens is 242 g/mol. The minimum Gasteiger partial charge on any atom is -0.382 e. The molecule has 4 heteroatoms. The molecule has 1 aromatic rings. The third-order valence-electron chi connectivity index (χ3n) is 3.11. The second-order valence-corrected chi connectivity index (χ2v) is 8.71. The summed E-state index contributed by atoms with van der Waals surface area (Å²) in [6.45, 7) is 8.70. The second-order valence-electron chi connectivity index (χ2n) is 5.32. The Labute approximate surface area is 112 Å². The van der Waals surface area contributed by atoms with Gasteiger partial charge in [-0.3, -0.25) is 0 Å². The molecule has 0 aliphatic rings. The first-order valence-electron chi connectivity index (χ1n) is 6.37. The summed E-state index contributed by atoms with van der Waals surface area (Å²) in [5.41, 5.74) is 1.11. The highest BCUT2D eigenvalue weighted by Crippen LogP contribution is 2.32. The molecule has 0 atom stereocenters. The topological polar surface area (TPSA) is 21.7 Å². The van der Waals surface area contributed by atoms with Crippen molar-refractivity contribution in [3.63, 3.8) is 0 Å². The van der Waals surface area contributed by atoms with E-state index in [1.807, 2.05) is 18.2 Å². The van der Waals surface area contributed by atoms with Crippen molar-refractivity contribution in [2.24, 2.45) is 0 Å². The fraction of sp³-hybridized carbons (Fsp3) is 0.571. The molecule has 0 unspecified atom stereocenters. The summed E-state index contributed by atoms with van der Waals surface area (Å²) in [7, 11) is 1.11. The van der Waals surface area contributed by atoms with E-state index in [0.29, 0.717) is 0 Å². The van der Waals surface area contributed by atoms with Crippen LogP contribution < -0.4 is 4.57 Å². The van der Waals surface area contributed by atoms with Gasteiger partial charge in [0.1, 0.15) is 0 Å². The molecule has 1 rings (SSSR count). The van der Waals surface area contributed by atoms with Gasteiger partial charge in [-0.25, -0.2) is 0 Å². The maximum Gasteiger partial charge on any atom is 0.459 e. The Hall–Kier alpha value is -0.843. The van der Waals surface area contributed by atoms with Gasteiger partial charge in [0, 0.05) is 31.5 Å². The molecule has 0 aliphatic carbocycles.